The monoisotopic (exact) mass is 333 g/mol. The van der Waals surface area contributed by atoms with Gasteiger partial charge < -0.3 is 19.5 Å². The maximum atomic E-state index is 9.65. The second-order valence-electron chi connectivity index (χ2n) is 4.21. The van der Waals surface area contributed by atoms with E-state index in [1.165, 1.54) is 0 Å². The van der Waals surface area contributed by atoms with Gasteiger partial charge in [0.1, 0.15) is 6.54 Å². The van der Waals surface area contributed by atoms with E-state index < -0.39 is 5.97 Å². The Labute approximate surface area is 110 Å². The fraction of sp³-hybridized carbons (Fsp3) is 0.900. The van der Waals surface area contributed by atoms with E-state index in [0.29, 0.717) is 0 Å². The van der Waals surface area contributed by atoms with Crippen molar-refractivity contribution in [1.29, 1.82) is 0 Å². The first-order chi connectivity index (χ1) is 6.33. The molecule has 0 aliphatic rings. The lowest BCUT2D eigenvalue weighted by Gasteiger charge is -2.21. The second kappa shape index (κ2) is 12.2. The SMILES string of the molecule is CCCCC(=O)[O-].C[N+](C)(C)CCO.I. The Morgan fingerprint density at radius 2 is 1.80 bits per heavy atom. The predicted molar refractivity (Wildman–Crippen MR) is 69.9 cm³/mol. The van der Waals surface area contributed by atoms with Gasteiger partial charge in [-0.1, -0.05) is 13.3 Å². The molecule has 5 heteroatoms. The lowest BCUT2D eigenvalue weighted by atomic mass is 10.3. The molecule has 1 N–H and O–H groups in total. The number of hydrogen-bond donors (Lipinski definition) is 1. The molecule has 0 fully saturated rings. The van der Waals surface area contributed by atoms with Crippen molar-refractivity contribution in [1.82, 2.24) is 0 Å². The summed E-state index contributed by atoms with van der Waals surface area (Å²) in [5.74, 6) is -0.943. The molecule has 0 aromatic heterocycles. The fourth-order valence-corrected chi connectivity index (χ4v) is 0.621. The van der Waals surface area contributed by atoms with Crippen molar-refractivity contribution < 1.29 is 19.5 Å². The summed E-state index contributed by atoms with van der Waals surface area (Å²) in [5.41, 5.74) is 0. The van der Waals surface area contributed by atoms with Crippen molar-refractivity contribution >= 4 is 29.9 Å². The first-order valence-corrected chi connectivity index (χ1v) is 4.94. The minimum atomic E-state index is -0.943. The Morgan fingerprint density at radius 3 is 1.87 bits per heavy atom. The van der Waals surface area contributed by atoms with Crippen LogP contribution in [0.2, 0.25) is 0 Å². The van der Waals surface area contributed by atoms with Gasteiger partial charge in [-0.25, -0.2) is 0 Å². The zero-order chi connectivity index (χ0) is 11.6. The van der Waals surface area contributed by atoms with Crippen LogP contribution in [0.1, 0.15) is 26.2 Å². The van der Waals surface area contributed by atoms with Gasteiger partial charge in [-0.2, -0.15) is 0 Å². The van der Waals surface area contributed by atoms with Crippen LogP contribution in [0, 0.1) is 0 Å². The largest absolute Gasteiger partial charge is 0.550 e. The molecule has 0 heterocycles. The Balaban J connectivity index is -0.000000180. The van der Waals surface area contributed by atoms with Gasteiger partial charge in [0.25, 0.3) is 0 Å². The number of unbranched alkanes of at least 4 members (excludes halogenated alkanes) is 1. The summed E-state index contributed by atoms with van der Waals surface area (Å²) in [6, 6.07) is 0. The third-order valence-electron chi connectivity index (χ3n) is 1.51. The Morgan fingerprint density at radius 1 is 1.33 bits per heavy atom. The number of halogens is 1. The van der Waals surface area contributed by atoms with E-state index >= 15 is 0 Å². The number of aliphatic hydroxyl groups is 1. The van der Waals surface area contributed by atoms with Gasteiger partial charge in [0.15, 0.2) is 0 Å². The van der Waals surface area contributed by atoms with Crippen molar-refractivity contribution in [2.45, 2.75) is 26.2 Å². The highest BCUT2D eigenvalue weighted by Crippen LogP contribution is 1.89. The Hall–Kier alpha value is 0.120. The zero-order valence-corrected chi connectivity index (χ0v) is 12.5. The van der Waals surface area contributed by atoms with E-state index in [1.807, 2.05) is 6.92 Å². The smallest absolute Gasteiger partial charge is 0.101 e. The molecule has 0 spiro atoms. The second-order valence-corrected chi connectivity index (χ2v) is 4.21. The number of carboxylic acids is 1. The van der Waals surface area contributed by atoms with Gasteiger partial charge in [0.05, 0.1) is 27.7 Å². The number of rotatable bonds is 5. The Bertz CT molecular complexity index is 146. The summed E-state index contributed by atoms with van der Waals surface area (Å²) in [5, 5.41) is 18.0. The third-order valence-corrected chi connectivity index (χ3v) is 1.51. The molecule has 0 atom stereocenters. The molecule has 0 radical (unpaired) electrons. The maximum Gasteiger partial charge on any atom is 0.101 e. The Kier molecular flexibility index (Phi) is 16.7. The highest BCUT2D eigenvalue weighted by atomic mass is 127. The fourth-order valence-electron chi connectivity index (χ4n) is 0.621. The van der Waals surface area contributed by atoms with Gasteiger partial charge in [0.2, 0.25) is 0 Å². The molecule has 0 saturated carbocycles. The summed E-state index contributed by atoms with van der Waals surface area (Å²) in [4.78, 5) is 9.65. The number of nitrogens with zero attached hydrogens (tertiary/aromatic N) is 1. The molecule has 0 rings (SSSR count). The molecule has 94 valence electrons. The van der Waals surface area contributed by atoms with Crippen LogP contribution < -0.4 is 5.11 Å². The van der Waals surface area contributed by atoms with Crippen LogP contribution in [0.3, 0.4) is 0 Å². The number of carboxylic acid groups (broad SMARTS) is 1. The van der Waals surface area contributed by atoms with Crippen LogP contribution in [0.15, 0.2) is 0 Å². The van der Waals surface area contributed by atoms with Gasteiger partial charge in [0, 0.05) is 5.97 Å². The summed E-state index contributed by atoms with van der Waals surface area (Å²) >= 11 is 0. The number of aliphatic hydroxyl groups excluding tert-OH is 1. The molecule has 0 aliphatic carbocycles. The van der Waals surface area contributed by atoms with E-state index in [4.69, 9.17) is 5.11 Å². The lowest BCUT2D eigenvalue weighted by Crippen LogP contribution is -2.36. The molecule has 0 unspecified atom stereocenters. The van der Waals surface area contributed by atoms with Crippen LogP contribution in [-0.4, -0.2) is 49.9 Å². The number of aliphatic carboxylic acids is 1. The highest BCUT2D eigenvalue weighted by Gasteiger charge is 2.02. The van der Waals surface area contributed by atoms with E-state index in [-0.39, 0.29) is 37.0 Å². The normalized spacial score (nSPS) is 9.67. The van der Waals surface area contributed by atoms with Gasteiger partial charge in [-0.3, -0.25) is 0 Å². The molecule has 0 saturated heterocycles. The van der Waals surface area contributed by atoms with Crippen LogP contribution in [0.25, 0.3) is 0 Å². The molecular formula is C10H24INO3. The summed E-state index contributed by atoms with van der Waals surface area (Å²) in [6.45, 7) is 3.06. The average molecular weight is 333 g/mol. The number of hydrogen-bond acceptors (Lipinski definition) is 3. The van der Waals surface area contributed by atoms with E-state index in [0.717, 1.165) is 23.9 Å². The van der Waals surface area contributed by atoms with Crippen molar-refractivity contribution in [2.75, 3.05) is 34.3 Å². The predicted octanol–water partition coefficient (Wildman–Crippen LogP) is 0.229. The standard InChI is InChI=1S/C5H14NO.C5H10O2.HI/c1-6(2,3)4-5-7;1-2-3-4-5(6)7;/h7H,4-5H2,1-3H3;2-4H2,1H3,(H,6,7);1H/q+1;;/p-1. The van der Waals surface area contributed by atoms with Crippen LogP contribution in [-0.2, 0) is 4.79 Å². The highest BCUT2D eigenvalue weighted by molar-refractivity contribution is 14.0. The molecule has 0 amide bonds. The summed E-state index contributed by atoms with van der Waals surface area (Å²) in [6.07, 6.45) is 1.87. The molecule has 0 bridgehead atoms. The first-order valence-electron chi connectivity index (χ1n) is 4.94. The van der Waals surface area contributed by atoms with E-state index in [9.17, 15) is 9.90 Å². The zero-order valence-electron chi connectivity index (χ0n) is 10.2. The van der Waals surface area contributed by atoms with Crippen molar-refractivity contribution in [2.24, 2.45) is 0 Å². The quantitative estimate of drug-likeness (QED) is 0.579. The molecule has 15 heavy (non-hydrogen) atoms. The molecular weight excluding hydrogens is 309 g/mol. The number of likely N-dealkylation sites (N-methyl/N-ethyl adjacent to an activating group) is 1. The number of carbonyl (C=O) groups excluding carboxylic acids is 1. The summed E-state index contributed by atoms with van der Waals surface area (Å²) < 4.78 is 0.844. The van der Waals surface area contributed by atoms with Crippen molar-refractivity contribution in [3.05, 3.63) is 0 Å². The third kappa shape index (κ3) is 31.5. The lowest BCUT2D eigenvalue weighted by molar-refractivity contribution is -0.870. The number of carbonyl (C=O) groups is 1. The van der Waals surface area contributed by atoms with Crippen LogP contribution in [0.4, 0.5) is 0 Å². The number of quaternary nitrogens is 1. The van der Waals surface area contributed by atoms with Crippen LogP contribution in [0.5, 0.6) is 0 Å². The van der Waals surface area contributed by atoms with E-state index in [2.05, 4.69) is 21.1 Å². The van der Waals surface area contributed by atoms with Crippen LogP contribution >= 0.6 is 24.0 Å². The first kappa shape index (κ1) is 20.5. The average Bonchev–Trinajstić information content (AvgIpc) is 1.99. The topological polar surface area (TPSA) is 60.4 Å². The maximum absolute atomic E-state index is 9.65. The van der Waals surface area contributed by atoms with Crippen molar-refractivity contribution in [3.63, 3.8) is 0 Å². The molecule has 0 aromatic carbocycles. The molecule has 0 aromatic rings. The summed E-state index contributed by atoms with van der Waals surface area (Å²) in [7, 11) is 6.16. The van der Waals surface area contributed by atoms with Gasteiger partial charge in [-0.15, -0.1) is 24.0 Å². The van der Waals surface area contributed by atoms with Gasteiger partial charge >= 0.3 is 0 Å². The minimum Gasteiger partial charge on any atom is -0.550 e. The molecule has 4 nitrogen and oxygen atoms in total. The van der Waals surface area contributed by atoms with E-state index in [1.54, 1.807) is 0 Å². The van der Waals surface area contributed by atoms with Crippen molar-refractivity contribution in [3.8, 4) is 0 Å². The minimum absolute atomic E-state index is 0. The van der Waals surface area contributed by atoms with Gasteiger partial charge in [-0.05, 0) is 12.8 Å². The molecule has 0 aliphatic heterocycles.